The Hall–Kier alpha value is -3.20. The molecule has 0 fully saturated rings. The number of amides is 2. The van der Waals surface area contributed by atoms with Crippen molar-refractivity contribution in [3.63, 3.8) is 0 Å². The molecule has 2 rings (SSSR count). The highest BCUT2D eigenvalue weighted by Crippen LogP contribution is 2.03. The molecule has 0 saturated carbocycles. The van der Waals surface area contributed by atoms with E-state index < -0.39 is 24.9 Å². The fourth-order valence-electron chi connectivity index (χ4n) is 2.47. The highest BCUT2D eigenvalue weighted by molar-refractivity contribution is 5.68. The first-order chi connectivity index (χ1) is 14.5. The predicted molar refractivity (Wildman–Crippen MR) is 110 cm³/mol. The molecule has 1 atom stereocenters. The standard InChI is InChI=1S/C21H28N4O5/c1-24(13-9-17-7-3-5-11-22-17)20(27)29-16-19(15-26)30-21(28)25(2)14-10-18-8-4-6-12-23-18/h3-8,11-12,19,26H,9-10,13-16H2,1-2H3. The Balaban J connectivity index is 1.70. The van der Waals surface area contributed by atoms with Gasteiger partial charge in [0, 0.05) is 63.8 Å². The topological polar surface area (TPSA) is 105 Å². The van der Waals surface area contributed by atoms with Gasteiger partial charge in [-0.05, 0) is 24.3 Å². The van der Waals surface area contributed by atoms with Crippen molar-refractivity contribution in [1.82, 2.24) is 19.8 Å². The molecule has 0 aliphatic heterocycles. The van der Waals surface area contributed by atoms with Gasteiger partial charge in [0.15, 0.2) is 6.10 Å². The molecule has 2 aromatic rings. The van der Waals surface area contributed by atoms with Crippen molar-refractivity contribution in [2.45, 2.75) is 18.9 Å². The number of hydrogen-bond acceptors (Lipinski definition) is 7. The van der Waals surface area contributed by atoms with Crippen molar-refractivity contribution in [1.29, 1.82) is 0 Å². The maximum absolute atomic E-state index is 12.2. The summed E-state index contributed by atoms with van der Waals surface area (Å²) in [5.74, 6) is 0. The Morgan fingerprint density at radius 1 is 0.933 bits per heavy atom. The number of aromatic nitrogens is 2. The molecule has 0 spiro atoms. The first-order valence-corrected chi connectivity index (χ1v) is 9.70. The van der Waals surface area contributed by atoms with Gasteiger partial charge < -0.3 is 24.4 Å². The fraction of sp³-hybridized carbons (Fsp3) is 0.429. The number of aliphatic hydroxyl groups excluding tert-OH is 1. The zero-order chi connectivity index (χ0) is 21.8. The van der Waals surface area contributed by atoms with Crippen molar-refractivity contribution in [2.24, 2.45) is 0 Å². The average molecular weight is 416 g/mol. The second-order valence-electron chi connectivity index (χ2n) is 6.75. The number of carbonyl (C=O) groups excluding carboxylic acids is 2. The third kappa shape index (κ3) is 8.04. The van der Waals surface area contributed by atoms with Crippen LogP contribution in [0.25, 0.3) is 0 Å². The summed E-state index contributed by atoms with van der Waals surface area (Å²) >= 11 is 0. The third-order valence-corrected chi connectivity index (χ3v) is 4.35. The van der Waals surface area contributed by atoms with Crippen molar-refractivity contribution in [3.05, 3.63) is 60.2 Å². The number of pyridine rings is 2. The number of ether oxygens (including phenoxy) is 2. The Morgan fingerprint density at radius 3 is 1.93 bits per heavy atom. The predicted octanol–water partition coefficient (Wildman–Crippen LogP) is 1.76. The van der Waals surface area contributed by atoms with Crippen LogP contribution in [0, 0.1) is 0 Å². The molecule has 2 aromatic heterocycles. The van der Waals surface area contributed by atoms with Gasteiger partial charge in [-0.15, -0.1) is 0 Å². The first kappa shape index (κ1) is 23.1. The molecule has 0 bridgehead atoms. The number of rotatable bonds is 10. The van der Waals surface area contributed by atoms with Crippen molar-refractivity contribution < 1.29 is 24.2 Å². The molecular formula is C21H28N4O5. The fourth-order valence-corrected chi connectivity index (χ4v) is 2.47. The highest BCUT2D eigenvalue weighted by atomic mass is 16.6. The van der Waals surface area contributed by atoms with E-state index in [1.165, 1.54) is 9.80 Å². The molecule has 30 heavy (non-hydrogen) atoms. The van der Waals surface area contributed by atoms with Crippen LogP contribution in [-0.4, -0.2) is 83.6 Å². The van der Waals surface area contributed by atoms with Crippen molar-refractivity contribution in [3.8, 4) is 0 Å². The number of nitrogens with zero attached hydrogens (tertiary/aromatic N) is 4. The second kappa shape index (κ2) is 12.4. The van der Waals surface area contributed by atoms with Gasteiger partial charge >= 0.3 is 12.2 Å². The molecule has 0 radical (unpaired) electrons. The van der Waals surface area contributed by atoms with E-state index in [4.69, 9.17) is 9.47 Å². The number of aliphatic hydroxyl groups is 1. The molecular weight excluding hydrogens is 388 g/mol. The van der Waals surface area contributed by atoms with Gasteiger partial charge in [0.2, 0.25) is 0 Å². The largest absolute Gasteiger partial charge is 0.445 e. The van der Waals surface area contributed by atoms with Crippen molar-refractivity contribution in [2.75, 3.05) is 40.4 Å². The summed E-state index contributed by atoms with van der Waals surface area (Å²) in [7, 11) is 3.20. The summed E-state index contributed by atoms with van der Waals surface area (Å²) in [6.45, 7) is 0.146. The number of carbonyl (C=O) groups is 2. The number of likely N-dealkylation sites (N-methyl/N-ethyl adjacent to an activating group) is 2. The van der Waals surface area contributed by atoms with E-state index in [2.05, 4.69) is 9.97 Å². The van der Waals surface area contributed by atoms with Crippen LogP contribution in [0.3, 0.4) is 0 Å². The van der Waals surface area contributed by atoms with Gasteiger partial charge in [-0.3, -0.25) is 9.97 Å². The molecule has 162 valence electrons. The maximum atomic E-state index is 12.2. The monoisotopic (exact) mass is 416 g/mol. The molecule has 9 nitrogen and oxygen atoms in total. The lowest BCUT2D eigenvalue weighted by Gasteiger charge is -2.22. The SMILES string of the molecule is CN(CCc1ccccn1)C(=O)OCC(CO)OC(=O)N(C)CCc1ccccn1. The zero-order valence-electron chi connectivity index (χ0n) is 17.3. The summed E-state index contributed by atoms with van der Waals surface area (Å²) in [5.41, 5.74) is 1.73. The lowest BCUT2D eigenvalue weighted by atomic mass is 10.2. The van der Waals surface area contributed by atoms with E-state index >= 15 is 0 Å². The van der Waals surface area contributed by atoms with Crippen LogP contribution in [0.15, 0.2) is 48.8 Å². The van der Waals surface area contributed by atoms with Crippen LogP contribution >= 0.6 is 0 Å². The quantitative estimate of drug-likeness (QED) is 0.629. The average Bonchev–Trinajstić information content (AvgIpc) is 2.79. The summed E-state index contributed by atoms with van der Waals surface area (Å²) in [6, 6.07) is 11.2. The van der Waals surface area contributed by atoms with E-state index in [0.717, 1.165) is 11.4 Å². The summed E-state index contributed by atoms with van der Waals surface area (Å²) < 4.78 is 10.4. The zero-order valence-corrected chi connectivity index (χ0v) is 17.3. The molecule has 1 N–H and O–H groups in total. The smallest absolute Gasteiger partial charge is 0.409 e. The van der Waals surface area contributed by atoms with Crippen LogP contribution in [0.1, 0.15) is 11.4 Å². The minimum Gasteiger partial charge on any atom is -0.445 e. The molecule has 2 heterocycles. The van der Waals surface area contributed by atoms with Crippen LogP contribution in [0.5, 0.6) is 0 Å². The molecule has 0 aliphatic rings. The Morgan fingerprint density at radius 2 is 1.47 bits per heavy atom. The van der Waals surface area contributed by atoms with E-state index in [9.17, 15) is 14.7 Å². The second-order valence-corrected chi connectivity index (χ2v) is 6.75. The molecule has 1 unspecified atom stereocenters. The van der Waals surface area contributed by atoms with Gasteiger partial charge in [0.25, 0.3) is 0 Å². The van der Waals surface area contributed by atoms with Gasteiger partial charge in [0.1, 0.15) is 6.61 Å². The van der Waals surface area contributed by atoms with Crippen LogP contribution in [-0.2, 0) is 22.3 Å². The number of hydrogen-bond donors (Lipinski definition) is 1. The Kier molecular flexibility index (Phi) is 9.53. The maximum Gasteiger partial charge on any atom is 0.409 e. The van der Waals surface area contributed by atoms with Gasteiger partial charge in [-0.1, -0.05) is 12.1 Å². The van der Waals surface area contributed by atoms with E-state index in [1.807, 2.05) is 36.4 Å². The van der Waals surface area contributed by atoms with Gasteiger partial charge in [-0.25, -0.2) is 9.59 Å². The molecule has 0 saturated heterocycles. The van der Waals surface area contributed by atoms with Crippen LogP contribution in [0.2, 0.25) is 0 Å². The van der Waals surface area contributed by atoms with Crippen molar-refractivity contribution >= 4 is 12.2 Å². The van der Waals surface area contributed by atoms with Crippen LogP contribution in [0.4, 0.5) is 9.59 Å². The van der Waals surface area contributed by atoms with Gasteiger partial charge in [-0.2, -0.15) is 0 Å². The summed E-state index contributed by atoms with van der Waals surface area (Å²) in [6.07, 6.45) is 2.44. The summed E-state index contributed by atoms with van der Waals surface area (Å²) in [4.78, 5) is 35.5. The lowest BCUT2D eigenvalue weighted by molar-refractivity contribution is -0.00371. The van der Waals surface area contributed by atoms with Crippen LogP contribution < -0.4 is 0 Å². The first-order valence-electron chi connectivity index (χ1n) is 9.70. The third-order valence-electron chi connectivity index (χ3n) is 4.35. The molecule has 0 aliphatic carbocycles. The summed E-state index contributed by atoms with van der Waals surface area (Å²) in [5, 5.41) is 9.45. The Bertz CT molecular complexity index is 775. The minimum absolute atomic E-state index is 0.233. The van der Waals surface area contributed by atoms with E-state index in [0.29, 0.717) is 25.9 Å². The van der Waals surface area contributed by atoms with E-state index in [-0.39, 0.29) is 6.61 Å². The highest BCUT2D eigenvalue weighted by Gasteiger charge is 2.20. The Labute approximate surface area is 176 Å². The minimum atomic E-state index is -0.942. The molecule has 2 amide bonds. The van der Waals surface area contributed by atoms with E-state index in [1.54, 1.807) is 26.5 Å². The molecule has 0 aromatic carbocycles. The molecule has 9 heteroatoms. The lowest BCUT2D eigenvalue weighted by Crippen LogP contribution is -2.38. The normalized spacial score (nSPS) is 11.4. The van der Waals surface area contributed by atoms with Gasteiger partial charge in [0.05, 0.1) is 6.61 Å².